The number of rotatable bonds is 6. The molecule has 0 aliphatic carbocycles. The van der Waals surface area contributed by atoms with Crippen LogP contribution >= 0.6 is 0 Å². The van der Waals surface area contributed by atoms with Crippen LogP contribution < -0.4 is 10.5 Å². The molecule has 0 aliphatic heterocycles. The van der Waals surface area contributed by atoms with Gasteiger partial charge in [0.05, 0.1) is 24.5 Å². The Bertz CT molecular complexity index is 520. The molecule has 1 heterocycles. The molecule has 5 heteroatoms. The van der Waals surface area contributed by atoms with Crippen LogP contribution in [0.3, 0.4) is 0 Å². The van der Waals surface area contributed by atoms with Crippen molar-refractivity contribution in [2.45, 2.75) is 13.3 Å². The molecule has 0 fully saturated rings. The second-order valence-electron chi connectivity index (χ2n) is 4.07. The maximum absolute atomic E-state index is 5.84. The lowest BCUT2D eigenvalue weighted by Crippen LogP contribution is -1.97. The van der Waals surface area contributed by atoms with Gasteiger partial charge in [-0.1, -0.05) is 17.3 Å². The Hall–Kier alpha value is -2.01. The number of hydrogen-bond acceptors (Lipinski definition) is 5. The maximum Gasteiger partial charge on any atom is 0.230 e. The normalized spacial score (nSPS) is 10.6. The van der Waals surface area contributed by atoms with Crippen LogP contribution in [-0.2, 0) is 11.2 Å². The van der Waals surface area contributed by atoms with Crippen LogP contribution in [0.2, 0.25) is 0 Å². The zero-order valence-electron chi connectivity index (χ0n) is 11.2. The molecule has 5 nitrogen and oxygen atoms in total. The molecule has 0 bridgehead atoms. The van der Waals surface area contributed by atoms with Crippen LogP contribution in [0.15, 0.2) is 28.8 Å². The molecule has 0 spiro atoms. The predicted molar refractivity (Wildman–Crippen MR) is 73.1 cm³/mol. The maximum atomic E-state index is 5.84. The Balaban J connectivity index is 2.27. The highest BCUT2D eigenvalue weighted by molar-refractivity contribution is 5.75. The number of aromatic nitrogens is 1. The highest BCUT2D eigenvalue weighted by atomic mass is 16.5. The molecule has 0 aliphatic rings. The molecule has 2 N–H and O–H groups in total. The molecule has 102 valence electrons. The Morgan fingerprint density at radius 2 is 2.00 bits per heavy atom. The fourth-order valence-corrected chi connectivity index (χ4v) is 1.90. The lowest BCUT2D eigenvalue weighted by Gasteiger charge is -2.05. The number of nitrogen functional groups attached to an aromatic ring is 1. The second-order valence-corrected chi connectivity index (χ2v) is 4.07. The van der Waals surface area contributed by atoms with Gasteiger partial charge >= 0.3 is 0 Å². The second kappa shape index (κ2) is 6.24. The molecule has 0 unspecified atom stereocenters. The quantitative estimate of drug-likeness (QED) is 0.866. The molecule has 1 aromatic heterocycles. The summed E-state index contributed by atoms with van der Waals surface area (Å²) in [6, 6.07) is 7.71. The number of benzene rings is 1. The van der Waals surface area contributed by atoms with Crippen LogP contribution in [-0.4, -0.2) is 25.5 Å². The third-order valence-electron chi connectivity index (χ3n) is 2.79. The number of nitrogens with zero attached hydrogens (tertiary/aromatic N) is 1. The molecule has 1 aromatic carbocycles. The van der Waals surface area contributed by atoms with Gasteiger partial charge in [-0.2, -0.15) is 0 Å². The van der Waals surface area contributed by atoms with Crippen molar-refractivity contribution in [3.05, 3.63) is 30.0 Å². The van der Waals surface area contributed by atoms with Gasteiger partial charge in [-0.3, -0.25) is 0 Å². The van der Waals surface area contributed by atoms with Crippen LogP contribution in [0.4, 0.5) is 5.88 Å². The summed E-state index contributed by atoms with van der Waals surface area (Å²) in [5, 5.41) is 3.98. The first-order valence-corrected chi connectivity index (χ1v) is 6.22. The van der Waals surface area contributed by atoms with Crippen LogP contribution in [0.1, 0.15) is 12.6 Å². The summed E-state index contributed by atoms with van der Waals surface area (Å²) in [5.74, 6) is 1.16. The van der Waals surface area contributed by atoms with Crippen molar-refractivity contribution >= 4 is 5.88 Å². The van der Waals surface area contributed by atoms with E-state index in [2.05, 4.69) is 5.16 Å². The van der Waals surface area contributed by atoms with Gasteiger partial charge < -0.3 is 19.7 Å². The van der Waals surface area contributed by atoms with Crippen molar-refractivity contribution in [3.8, 4) is 16.9 Å². The molecular weight excluding hydrogens is 244 g/mol. The standard InChI is InChI=1S/C14H18N2O3/c1-3-18-11-6-4-10(5-7-11)13-12(8-9-17-2)16-19-14(13)15/h4-7H,3,8-9,15H2,1-2H3. The SMILES string of the molecule is CCOc1ccc(-c2c(CCOC)noc2N)cc1. The van der Waals surface area contributed by atoms with Crippen LogP contribution in [0, 0.1) is 0 Å². The van der Waals surface area contributed by atoms with Crippen molar-refractivity contribution in [2.75, 3.05) is 26.1 Å². The molecule has 0 saturated heterocycles. The summed E-state index contributed by atoms with van der Waals surface area (Å²) in [4.78, 5) is 0. The summed E-state index contributed by atoms with van der Waals surface area (Å²) in [7, 11) is 1.65. The summed E-state index contributed by atoms with van der Waals surface area (Å²) >= 11 is 0. The van der Waals surface area contributed by atoms with Gasteiger partial charge in [0.2, 0.25) is 5.88 Å². The van der Waals surface area contributed by atoms with Gasteiger partial charge in [0.15, 0.2) is 0 Å². The summed E-state index contributed by atoms with van der Waals surface area (Å²) < 4.78 is 15.5. The minimum atomic E-state index is 0.329. The van der Waals surface area contributed by atoms with E-state index in [-0.39, 0.29) is 0 Å². The zero-order chi connectivity index (χ0) is 13.7. The van der Waals surface area contributed by atoms with E-state index < -0.39 is 0 Å². The van der Waals surface area contributed by atoms with Crippen molar-refractivity contribution in [2.24, 2.45) is 0 Å². The van der Waals surface area contributed by atoms with Gasteiger partial charge in [-0.05, 0) is 24.6 Å². The van der Waals surface area contributed by atoms with Crippen molar-refractivity contribution < 1.29 is 14.0 Å². The predicted octanol–water partition coefficient (Wildman–Crippen LogP) is 2.51. The minimum Gasteiger partial charge on any atom is -0.494 e. The number of ether oxygens (including phenoxy) is 2. The van der Waals surface area contributed by atoms with E-state index in [1.165, 1.54) is 0 Å². The van der Waals surface area contributed by atoms with Crippen LogP contribution in [0.25, 0.3) is 11.1 Å². The van der Waals surface area contributed by atoms with Gasteiger partial charge in [0.1, 0.15) is 5.75 Å². The van der Waals surface area contributed by atoms with Crippen molar-refractivity contribution in [1.82, 2.24) is 5.16 Å². The van der Waals surface area contributed by atoms with E-state index in [1.807, 2.05) is 31.2 Å². The fraction of sp³-hybridized carbons (Fsp3) is 0.357. The van der Waals surface area contributed by atoms with E-state index in [9.17, 15) is 0 Å². The number of nitrogens with two attached hydrogens (primary N) is 1. The van der Waals surface area contributed by atoms with Gasteiger partial charge in [0.25, 0.3) is 0 Å². The largest absolute Gasteiger partial charge is 0.494 e. The number of hydrogen-bond donors (Lipinski definition) is 1. The average molecular weight is 262 g/mol. The van der Waals surface area contributed by atoms with E-state index in [1.54, 1.807) is 7.11 Å². The summed E-state index contributed by atoms with van der Waals surface area (Å²) in [6.45, 7) is 3.18. The lowest BCUT2D eigenvalue weighted by atomic mass is 10.0. The Morgan fingerprint density at radius 3 is 2.63 bits per heavy atom. The third kappa shape index (κ3) is 3.06. The molecule has 0 saturated carbocycles. The molecule has 0 atom stereocenters. The molecule has 0 radical (unpaired) electrons. The smallest absolute Gasteiger partial charge is 0.230 e. The fourth-order valence-electron chi connectivity index (χ4n) is 1.90. The highest BCUT2D eigenvalue weighted by Crippen LogP contribution is 2.31. The topological polar surface area (TPSA) is 70.5 Å². The Labute approximate surface area is 112 Å². The zero-order valence-corrected chi connectivity index (χ0v) is 11.2. The van der Waals surface area contributed by atoms with E-state index in [0.717, 1.165) is 22.6 Å². The number of anilines is 1. The van der Waals surface area contributed by atoms with Crippen molar-refractivity contribution in [1.29, 1.82) is 0 Å². The summed E-state index contributed by atoms with van der Waals surface area (Å²) in [6.07, 6.45) is 0.666. The monoisotopic (exact) mass is 262 g/mol. The van der Waals surface area contributed by atoms with Gasteiger partial charge in [-0.25, -0.2) is 0 Å². The van der Waals surface area contributed by atoms with Crippen LogP contribution in [0.5, 0.6) is 5.75 Å². The molecular formula is C14H18N2O3. The van der Waals surface area contributed by atoms with E-state index >= 15 is 0 Å². The van der Waals surface area contributed by atoms with E-state index in [0.29, 0.717) is 25.5 Å². The summed E-state index contributed by atoms with van der Waals surface area (Å²) in [5.41, 5.74) is 8.45. The molecule has 0 amide bonds. The highest BCUT2D eigenvalue weighted by Gasteiger charge is 2.15. The van der Waals surface area contributed by atoms with E-state index in [4.69, 9.17) is 19.7 Å². The first-order chi connectivity index (χ1) is 9.26. The third-order valence-corrected chi connectivity index (χ3v) is 2.79. The molecule has 19 heavy (non-hydrogen) atoms. The first kappa shape index (κ1) is 13.4. The lowest BCUT2D eigenvalue weighted by molar-refractivity contribution is 0.200. The average Bonchev–Trinajstić information content (AvgIpc) is 2.79. The van der Waals surface area contributed by atoms with Gasteiger partial charge in [0, 0.05) is 13.5 Å². The van der Waals surface area contributed by atoms with Crippen molar-refractivity contribution in [3.63, 3.8) is 0 Å². The van der Waals surface area contributed by atoms with Gasteiger partial charge in [-0.15, -0.1) is 0 Å². The Morgan fingerprint density at radius 1 is 1.26 bits per heavy atom. The molecule has 2 rings (SSSR count). The molecule has 2 aromatic rings. The minimum absolute atomic E-state index is 0.329. The number of methoxy groups -OCH3 is 1. The first-order valence-electron chi connectivity index (χ1n) is 6.22. The Kier molecular flexibility index (Phi) is 4.41.